The predicted molar refractivity (Wildman–Crippen MR) is 60.2 cm³/mol. The second kappa shape index (κ2) is 4.55. The van der Waals surface area contributed by atoms with Gasteiger partial charge in [-0.25, -0.2) is 4.39 Å². The highest BCUT2D eigenvalue weighted by Crippen LogP contribution is 2.25. The Bertz CT molecular complexity index is 525. The van der Waals surface area contributed by atoms with Gasteiger partial charge in [0.15, 0.2) is 11.6 Å². The molecule has 2 rings (SSSR count). The molecule has 5 heteroatoms. The molecule has 1 atom stereocenters. The number of benzene rings is 1. The van der Waals surface area contributed by atoms with Crippen LogP contribution in [0.2, 0.25) is 0 Å². The molecule has 0 aliphatic heterocycles. The van der Waals surface area contributed by atoms with E-state index in [2.05, 4.69) is 5.10 Å². The fourth-order valence-corrected chi connectivity index (χ4v) is 1.63. The fraction of sp³-hybridized carbons (Fsp3) is 0.250. The van der Waals surface area contributed by atoms with Crippen molar-refractivity contribution < 1.29 is 14.2 Å². The lowest BCUT2D eigenvalue weighted by Gasteiger charge is -2.10. The summed E-state index contributed by atoms with van der Waals surface area (Å²) in [5, 5.41) is 14.0. The van der Waals surface area contributed by atoms with Gasteiger partial charge in [-0.1, -0.05) is 6.07 Å². The lowest BCUT2D eigenvalue weighted by atomic mass is 10.0. The predicted octanol–water partition coefficient (Wildman–Crippen LogP) is 1.65. The van der Waals surface area contributed by atoms with Crippen LogP contribution < -0.4 is 4.74 Å². The Labute approximate surface area is 98.3 Å². The van der Waals surface area contributed by atoms with Crippen LogP contribution in [-0.4, -0.2) is 22.0 Å². The molecule has 0 saturated carbocycles. The summed E-state index contributed by atoms with van der Waals surface area (Å²) in [5.74, 6) is -0.333. The number of hydrogen-bond acceptors (Lipinski definition) is 3. The minimum Gasteiger partial charge on any atom is -0.494 e. The van der Waals surface area contributed by atoms with Crippen LogP contribution in [0.5, 0.6) is 5.75 Å². The standard InChI is InChI=1S/C12H13FN2O2/c1-15-7-9(6-14-15)12(16)8-3-4-11(17-2)10(13)5-8/h3-7,12,16H,1-2H3. The van der Waals surface area contributed by atoms with Crippen molar-refractivity contribution in [1.82, 2.24) is 9.78 Å². The van der Waals surface area contributed by atoms with Gasteiger partial charge in [-0.15, -0.1) is 0 Å². The van der Waals surface area contributed by atoms with Crippen molar-refractivity contribution in [2.75, 3.05) is 7.11 Å². The van der Waals surface area contributed by atoms with Gasteiger partial charge in [0, 0.05) is 18.8 Å². The first kappa shape index (κ1) is 11.6. The summed E-state index contributed by atoms with van der Waals surface area (Å²) in [6.45, 7) is 0. The van der Waals surface area contributed by atoms with E-state index in [0.717, 1.165) is 0 Å². The Morgan fingerprint density at radius 1 is 1.41 bits per heavy atom. The average molecular weight is 236 g/mol. The van der Waals surface area contributed by atoms with E-state index >= 15 is 0 Å². The van der Waals surface area contributed by atoms with Gasteiger partial charge in [0.1, 0.15) is 6.10 Å². The number of aryl methyl sites for hydroxylation is 1. The highest BCUT2D eigenvalue weighted by Gasteiger charge is 2.14. The molecular formula is C12H13FN2O2. The van der Waals surface area contributed by atoms with Gasteiger partial charge in [-0.05, 0) is 17.7 Å². The minimum absolute atomic E-state index is 0.159. The van der Waals surface area contributed by atoms with E-state index in [1.807, 2.05) is 0 Å². The average Bonchev–Trinajstić information content (AvgIpc) is 2.75. The molecule has 0 amide bonds. The third kappa shape index (κ3) is 2.29. The summed E-state index contributed by atoms with van der Waals surface area (Å²) in [6.07, 6.45) is 2.35. The number of halogens is 1. The Kier molecular flexibility index (Phi) is 3.10. The van der Waals surface area contributed by atoms with Crippen molar-refractivity contribution in [3.05, 3.63) is 47.5 Å². The summed E-state index contributed by atoms with van der Waals surface area (Å²) >= 11 is 0. The molecule has 0 aliphatic rings. The zero-order chi connectivity index (χ0) is 12.4. The molecule has 1 unspecified atom stereocenters. The van der Waals surface area contributed by atoms with Crippen LogP contribution in [0, 0.1) is 5.82 Å². The summed E-state index contributed by atoms with van der Waals surface area (Å²) < 4.78 is 19.9. The van der Waals surface area contributed by atoms with Gasteiger partial charge >= 0.3 is 0 Å². The second-order valence-corrected chi connectivity index (χ2v) is 3.74. The zero-order valence-corrected chi connectivity index (χ0v) is 9.59. The number of hydrogen-bond donors (Lipinski definition) is 1. The maximum absolute atomic E-state index is 13.5. The molecule has 1 N–H and O–H groups in total. The van der Waals surface area contributed by atoms with E-state index in [1.165, 1.54) is 19.2 Å². The molecule has 2 aromatic rings. The van der Waals surface area contributed by atoms with Gasteiger partial charge in [-0.3, -0.25) is 4.68 Å². The topological polar surface area (TPSA) is 47.3 Å². The molecule has 0 saturated heterocycles. The van der Waals surface area contributed by atoms with Crippen molar-refractivity contribution in [2.45, 2.75) is 6.10 Å². The highest BCUT2D eigenvalue weighted by molar-refractivity contribution is 5.34. The van der Waals surface area contributed by atoms with E-state index in [4.69, 9.17) is 4.74 Å². The van der Waals surface area contributed by atoms with E-state index < -0.39 is 11.9 Å². The van der Waals surface area contributed by atoms with Crippen LogP contribution in [0.15, 0.2) is 30.6 Å². The third-order valence-corrected chi connectivity index (χ3v) is 2.53. The molecule has 1 aromatic heterocycles. The number of aliphatic hydroxyl groups is 1. The van der Waals surface area contributed by atoms with Crippen LogP contribution >= 0.6 is 0 Å². The van der Waals surface area contributed by atoms with Gasteiger partial charge in [-0.2, -0.15) is 5.10 Å². The van der Waals surface area contributed by atoms with Crippen LogP contribution in [0.1, 0.15) is 17.2 Å². The van der Waals surface area contributed by atoms with Crippen molar-refractivity contribution in [1.29, 1.82) is 0 Å². The number of ether oxygens (including phenoxy) is 1. The molecule has 4 nitrogen and oxygen atoms in total. The minimum atomic E-state index is -0.885. The van der Waals surface area contributed by atoms with Crippen molar-refractivity contribution in [2.24, 2.45) is 7.05 Å². The SMILES string of the molecule is COc1ccc(C(O)c2cnn(C)c2)cc1F. The molecule has 1 heterocycles. The Hall–Kier alpha value is -1.88. The molecular weight excluding hydrogens is 223 g/mol. The van der Waals surface area contributed by atoms with Gasteiger partial charge in [0.25, 0.3) is 0 Å². The first-order valence-corrected chi connectivity index (χ1v) is 5.12. The summed E-state index contributed by atoms with van der Waals surface area (Å²) in [7, 11) is 3.15. The number of nitrogens with zero attached hydrogens (tertiary/aromatic N) is 2. The molecule has 1 aromatic carbocycles. The van der Waals surface area contributed by atoms with Gasteiger partial charge < -0.3 is 9.84 Å². The molecule has 0 spiro atoms. The summed E-state index contributed by atoms with van der Waals surface area (Å²) in [6, 6.07) is 4.38. The number of aromatic nitrogens is 2. The molecule has 0 bridgehead atoms. The highest BCUT2D eigenvalue weighted by atomic mass is 19.1. The Balaban J connectivity index is 2.31. The number of rotatable bonds is 3. The maximum atomic E-state index is 13.5. The lowest BCUT2D eigenvalue weighted by Crippen LogP contribution is -2.00. The second-order valence-electron chi connectivity index (χ2n) is 3.74. The first-order valence-electron chi connectivity index (χ1n) is 5.12. The Morgan fingerprint density at radius 2 is 2.18 bits per heavy atom. The van der Waals surface area contributed by atoms with E-state index in [1.54, 1.807) is 30.2 Å². The molecule has 90 valence electrons. The normalized spacial score (nSPS) is 12.5. The first-order chi connectivity index (χ1) is 8.11. The molecule has 17 heavy (non-hydrogen) atoms. The van der Waals surface area contributed by atoms with Crippen LogP contribution in [-0.2, 0) is 7.05 Å². The molecule has 0 aliphatic carbocycles. The maximum Gasteiger partial charge on any atom is 0.165 e. The van der Waals surface area contributed by atoms with E-state index in [9.17, 15) is 9.50 Å². The van der Waals surface area contributed by atoms with E-state index in [-0.39, 0.29) is 5.75 Å². The van der Waals surface area contributed by atoms with Crippen LogP contribution in [0.25, 0.3) is 0 Å². The molecule has 0 fully saturated rings. The van der Waals surface area contributed by atoms with E-state index in [0.29, 0.717) is 11.1 Å². The van der Waals surface area contributed by atoms with Crippen LogP contribution in [0.3, 0.4) is 0 Å². The smallest absolute Gasteiger partial charge is 0.165 e. The number of aliphatic hydroxyl groups excluding tert-OH is 1. The lowest BCUT2D eigenvalue weighted by molar-refractivity contribution is 0.219. The van der Waals surface area contributed by atoms with Gasteiger partial charge in [0.05, 0.1) is 13.3 Å². The summed E-state index contributed by atoms with van der Waals surface area (Å²) in [5.41, 5.74) is 1.09. The van der Waals surface area contributed by atoms with Crippen LogP contribution in [0.4, 0.5) is 4.39 Å². The zero-order valence-electron chi connectivity index (χ0n) is 9.59. The molecule has 0 radical (unpaired) electrons. The fourth-order valence-electron chi connectivity index (χ4n) is 1.63. The monoisotopic (exact) mass is 236 g/mol. The summed E-state index contributed by atoms with van der Waals surface area (Å²) in [4.78, 5) is 0. The third-order valence-electron chi connectivity index (χ3n) is 2.53. The number of methoxy groups -OCH3 is 1. The largest absolute Gasteiger partial charge is 0.494 e. The van der Waals surface area contributed by atoms with Crippen molar-refractivity contribution in [3.63, 3.8) is 0 Å². The Morgan fingerprint density at radius 3 is 2.71 bits per heavy atom. The van der Waals surface area contributed by atoms with Crippen molar-refractivity contribution in [3.8, 4) is 5.75 Å². The quantitative estimate of drug-likeness (QED) is 0.881. The van der Waals surface area contributed by atoms with Gasteiger partial charge in [0.2, 0.25) is 0 Å². The van der Waals surface area contributed by atoms with Crippen molar-refractivity contribution >= 4 is 0 Å².